The molecular formula is C16H28N2. The molecule has 0 radical (unpaired) electrons. The third-order valence-electron chi connectivity index (χ3n) is 3.01. The fraction of sp³-hybridized carbons (Fsp3) is 0.625. The summed E-state index contributed by atoms with van der Waals surface area (Å²) in [6.45, 7) is 14.3. The zero-order valence-corrected chi connectivity index (χ0v) is 12.5. The molecule has 2 heteroatoms. The molecule has 0 aliphatic carbocycles. The van der Waals surface area contributed by atoms with Crippen LogP contribution in [0.2, 0.25) is 0 Å². The summed E-state index contributed by atoms with van der Waals surface area (Å²) in [4.78, 5) is 2.51. The van der Waals surface area contributed by atoms with Gasteiger partial charge < -0.3 is 5.32 Å². The van der Waals surface area contributed by atoms with Gasteiger partial charge in [-0.1, -0.05) is 30.3 Å². The van der Waals surface area contributed by atoms with E-state index >= 15 is 0 Å². The third-order valence-corrected chi connectivity index (χ3v) is 3.01. The smallest absolute Gasteiger partial charge is 0.0236 e. The molecule has 2 nitrogen and oxygen atoms in total. The van der Waals surface area contributed by atoms with Crippen LogP contribution in [0.25, 0.3) is 0 Å². The highest BCUT2D eigenvalue weighted by atomic mass is 15.2. The van der Waals surface area contributed by atoms with E-state index in [0.29, 0.717) is 6.04 Å². The lowest BCUT2D eigenvalue weighted by Crippen LogP contribution is -2.43. The molecule has 102 valence electrons. The van der Waals surface area contributed by atoms with Crippen LogP contribution >= 0.6 is 0 Å². The molecule has 1 aromatic rings. The maximum atomic E-state index is 3.55. The fourth-order valence-electron chi connectivity index (χ4n) is 1.91. The molecule has 0 saturated heterocycles. The minimum atomic E-state index is 0.204. The standard InChI is InChI=1S/C16H28N2/c1-14(2)18(12-11-17-16(3,4)5)13-15-9-7-6-8-10-15/h6-10,14,17H,11-13H2,1-5H3. The van der Waals surface area contributed by atoms with Gasteiger partial charge in [0.1, 0.15) is 0 Å². The van der Waals surface area contributed by atoms with Crippen molar-refractivity contribution < 1.29 is 0 Å². The second-order valence-electron chi connectivity index (χ2n) is 6.23. The molecule has 18 heavy (non-hydrogen) atoms. The summed E-state index contributed by atoms with van der Waals surface area (Å²) in [5.41, 5.74) is 1.59. The Kier molecular flexibility index (Phi) is 5.83. The number of rotatable bonds is 6. The van der Waals surface area contributed by atoms with E-state index in [4.69, 9.17) is 0 Å². The second kappa shape index (κ2) is 6.91. The Balaban J connectivity index is 2.46. The van der Waals surface area contributed by atoms with E-state index in [-0.39, 0.29) is 5.54 Å². The van der Waals surface area contributed by atoms with E-state index in [1.165, 1.54) is 5.56 Å². The van der Waals surface area contributed by atoms with Crippen molar-refractivity contribution in [3.05, 3.63) is 35.9 Å². The van der Waals surface area contributed by atoms with Crippen LogP contribution in [0.15, 0.2) is 30.3 Å². The van der Waals surface area contributed by atoms with Crippen LogP contribution < -0.4 is 5.32 Å². The average Bonchev–Trinajstić information content (AvgIpc) is 2.27. The van der Waals surface area contributed by atoms with Crippen LogP contribution in [0.4, 0.5) is 0 Å². The first-order valence-electron chi connectivity index (χ1n) is 6.91. The Hall–Kier alpha value is -0.860. The topological polar surface area (TPSA) is 15.3 Å². The summed E-state index contributed by atoms with van der Waals surface area (Å²) in [5, 5.41) is 3.55. The molecule has 1 aromatic carbocycles. The maximum Gasteiger partial charge on any atom is 0.0236 e. The van der Waals surface area contributed by atoms with Gasteiger partial charge in [0.2, 0.25) is 0 Å². The summed E-state index contributed by atoms with van der Waals surface area (Å²) in [5.74, 6) is 0. The van der Waals surface area contributed by atoms with Gasteiger partial charge in [-0.25, -0.2) is 0 Å². The molecule has 0 amide bonds. The van der Waals surface area contributed by atoms with Crippen molar-refractivity contribution in [1.29, 1.82) is 0 Å². The molecule has 1 rings (SSSR count). The van der Waals surface area contributed by atoms with Crippen LogP contribution in [0.5, 0.6) is 0 Å². The quantitative estimate of drug-likeness (QED) is 0.831. The van der Waals surface area contributed by atoms with Crippen LogP contribution in [-0.2, 0) is 6.54 Å². The molecule has 0 aliphatic heterocycles. The van der Waals surface area contributed by atoms with Crippen molar-refractivity contribution in [2.24, 2.45) is 0 Å². The predicted octanol–water partition coefficient (Wildman–Crippen LogP) is 3.29. The van der Waals surface area contributed by atoms with Gasteiger partial charge in [-0.15, -0.1) is 0 Å². The van der Waals surface area contributed by atoms with Gasteiger partial charge in [-0.3, -0.25) is 4.90 Å². The average molecular weight is 248 g/mol. The molecule has 0 bridgehead atoms. The van der Waals surface area contributed by atoms with Gasteiger partial charge in [0.05, 0.1) is 0 Å². The highest BCUT2D eigenvalue weighted by molar-refractivity contribution is 5.14. The number of benzene rings is 1. The van der Waals surface area contributed by atoms with Crippen molar-refractivity contribution in [2.75, 3.05) is 13.1 Å². The number of nitrogens with one attached hydrogen (secondary N) is 1. The second-order valence-corrected chi connectivity index (χ2v) is 6.23. The van der Waals surface area contributed by atoms with E-state index in [2.05, 4.69) is 75.2 Å². The number of hydrogen-bond donors (Lipinski definition) is 1. The van der Waals surface area contributed by atoms with Gasteiger partial charge in [0, 0.05) is 31.2 Å². The van der Waals surface area contributed by atoms with Gasteiger partial charge in [0.25, 0.3) is 0 Å². The number of hydrogen-bond acceptors (Lipinski definition) is 2. The Morgan fingerprint density at radius 3 is 2.22 bits per heavy atom. The molecule has 0 aliphatic rings. The largest absolute Gasteiger partial charge is 0.311 e. The molecule has 0 fully saturated rings. The molecule has 0 spiro atoms. The van der Waals surface area contributed by atoms with Crippen LogP contribution in [0.3, 0.4) is 0 Å². The Labute approximate surface area is 112 Å². The van der Waals surface area contributed by atoms with Crippen molar-refractivity contribution in [1.82, 2.24) is 10.2 Å². The molecule has 0 heterocycles. The van der Waals surface area contributed by atoms with E-state index in [1.807, 2.05) is 0 Å². The predicted molar refractivity (Wildman–Crippen MR) is 79.7 cm³/mol. The molecular weight excluding hydrogens is 220 g/mol. The van der Waals surface area contributed by atoms with Gasteiger partial charge in [0.15, 0.2) is 0 Å². The first-order chi connectivity index (χ1) is 8.38. The highest BCUT2D eigenvalue weighted by Gasteiger charge is 2.12. The lowest BCUT2D eigenvalue weighted by molar-refractivity contribution is 0.206. The first-order valence-corrected chi connectivity index (χ1v) is 6.91. The van der Waals surface area contributed by atoms with Crippen molar-refractivity contribution >= 4 is 0 Å². The summed E-state index contributed by atoms with van der Waals surface area (Å²) in [7, 11) is 0. The van der Waals surface area contributed by atoms with E-state index in [0.717, 1.165) is 19.6 Å². The van der Waals surface area contributed by atoms with E-state index < -0.39 is 0 Å². The van der Waals surface area contributed by atoms with Crippen molar-refractivity contribution in [3.63, 3.8) is 0 Å². The van der Waals surface area contributed by atoms with Crippen molar-refractivity contribution in [2.45, 2.75) is 52.7 Å². The minimum Gasteiger partial charge on any atom is -0.311 e. The van der Waals surface area contributed by atoms with Crippen LogP contribution in [0.1, 0.15) is 40.2 Å². The zero-order valence-electron chi connectivity index (χ0n) is 12.5. The molecule has 1 N–H and O–H groups in total. The minimum absolute atomic E-state index is 0.204. The SMILES string of the molecule is CC(C)N(CCNC(C)(C)C)Cc1ccccc1. The zero-order chi connectivity index (χ0) is 13.6. The van der Waals surface area contributed by atoms with Gasteiger partial charge >= 0.3 is 0 Å². The summed E-state index contributed by atoms with van der Waals surface area (Å²) in [6, 6.07) is 11.3. The third kappa shape index (κ3) is 6.18. The first kappa shape index (κ1) is 15.2. The Morgan fingerprint density at radius 2 is 1.72 bits per heavy atom. The van der Waals surface area contributed by atoms with E-state index in [9.17, 15) is 0 Å². The highest BCUT2D eigenvalue weighted by Crippen LogP contribution is 2.08. The molecule has 0 unspecified atom stereocenters. The maximum absolute atomic E-state index is 3.55. The number of nitrogens with zero attached hydrogens (tertiary/aromatic N) is 1. The lowest BCUT2D eigenvalue weighted by Gasteiger charge is -2.29. The fourth-order valence-corrected chi connectivity index (χ4v) is 1.91. The summed E-state index contributed by atoms with van der Waals surface area (Å²) >= 11 is 0. The van der Waals surface area contributed by atoms with Gasteiger partial charge in [-0.2, -0.15) is 0 Å². The van der Waals surface area contributed by atoms with Crippen LogP contribution in [-0.4, -0.2) is 29.6 Å². The monoisotopic (exact) mass is 248 g/mol. The van der Waals surface area contributed by atoms with E-state index in [1.54, 1.807) is 0 Å². The van der Waals surface area contributed by atoms with Crippen LogP contribution in [0, 0.1) is 0 Å². The Morgan fingerprint density at radius 1 is 1.11 bits per heavy atom. The Bertz CT molecular complexity index is 325. The summed E-state index contributed by atoms with van der Waals surface area (Å²) < 4.78 is 0. The molecule has 0 saturated carbocycles. The van der Waals surface area contributed by atoms with Gasteiger partial charge in [-0.05, 0) is 40.2 Å². The molecule has 0 atom stereocenters. The van der Waals surface area contributed by atoms with Crippen molar-refractivity contribution in [3.8, 4) is 0 Å². The molecule has 0 aromatic heterocycles. The normalized spacial score (nSPS) is 12.4. The lowest BCUT2D eigenvalue weighted by atomic mass is 10.1. The summed E-state index contributed by atoms with van der Waals surface area (Å²) in [6.07, 6.45) is 0.